The van der Waals surface area contributed by atoms with Crippen LogP contribution in [0.3, 0.4) is 0 Å². The van der Waals surface area contributed by atoms with E-state index in [0.717, 1.165) is 22.2 Å². The number of ether oxygens (including phenoxy) is 2. The molecule has 0 radical (unpaired) electrons. The number of ketones is 1. The molecule has 8 nitrogen and oxygen atoms in total. The Kier molecular flexibility index (Phi) is 5.95. The molecule has 37 heavy (non-hydrogen) atoms. The summed E-state index contributed by atoms with van der Waals surface area (Å²) < 4.78 is 10.7. The molecule has 0 saturated carbocycles. The zero-order chi connectivity index (χ0) is 26.4. The summed E-state index contributed by atoms with van der Waals surface area (Å²) in [6.45, 7) is 5.82. The Morgan fingerprint density at radius 3 is 2.41 bits per heavy atom. The fourth-order valence-corrected chi connectivity index (χ4v) is 4.73. The molecule has 0 spiro atoms. The lowest BCUT2D eigenvalue weighted by atomic mass is 9.94. The van der Waals surface area contributed by atoms with Crippen LogP contribution in [0.5, 0.6) is 11.5 Å². The van der Waals surface area contributed by atoms with Gasteiger partial charge in [0.25, 0.3) is 5.78 Å². The number of nitrogens with one attached hydrogen (secondary N) is 1. The molecule has 0 aliphatic carbocycles. The van der Waals surface area contributed by atoms with Gasteiger partial charge < -0.3 is 19.6 Å². The van der Waals surface area contributed by atoms with E-state index < -0.39 is 17.7 Å². The molecule has 8 heteroatoms. The fraction of sp³-hybridized carbons (Fsp3) is 0.207. The molecule has 4 aromatic rings. The van der Waals surface area contributed by atoms with E-state index in [-0.39, 0.29) is 17.3 Å². The Hall–Kier alpha value is -4.59. The van der Waals surface area contributed by atoms with Crippen LogP contribution in [0.15, 0.2) is 60.2 Å². The van der Waals surface area contributed by atoms with E-state index in [4.69, 9.17) is 9.47 Å². The van der Waals surface area contributed by atoms with Crippen molar-refractivity contribution in [2.75, 3.05) is 19.1 Å². The number of hydrogen-bond donors (Lipinski definition) is 2. The van der Waals surface area contributed by atoms with Gasteiger partial charge in [0, 0.05) is 5.56 Å². The van der Waals surface area contributed by atoms with Crippen LogP contribution in [0, 0.1) is 20.8 Å². The van der Waals surface area contributed by atoms with Crippen LogP contribution in [-0.4, -0.2) is 41.0 Å². The molecule has 1 amide bonds. The number of nitrogens with zero attached hydrogens (tertiary/aromatic N) is 2. The normalized spacial score (nSPS) is 17.0. The molecular formula is C29H27N3O5. The second-order valence-electron chi connectivity index (χ2n) is 9.14. The third-order valence-electron chi connectivity index (χ3n) is 6.84. The maximum absolute atomic E-state index is 13.5. The highest BCUT2D eigenvalue weighted by atomic mass is 16.5. The van der Waals surface area contributed by atoms with Crippen LogP contribution in [0.4, 0.5) is 5.95 Å². The van der Waals surface area contributed by atoms with E-state index in [1.165, 1.54) is 4.90 Å². The van der Waals surface area contributed by atoms with Gasteiger partial charge in [0.05, 0.1) is 36.9 Å². The number of hydrogen-bond acceptors (Lipinski definition) is 6. The molecule has 2 N–H and O–H groups in total. The van der Waals surface area contributed by atoms with Gasteiger partial charge in [0.15, 0.2) is 0 Å². The first kappa shape index (κ1) is 24.1. The average molecular weight is 498 g/mol. The topological polar surface area (TPSA) is 105 Å². The van der Waals surface area contributed by atoms with Gasteiger partial charge >= 0.3 is 5.91 Å². The minimum absolute atomic E-state index is 0.0318. The van der Waals surface area contributed by atoms with Crippen molar-refractivity contribution >= 4 is 34.4 Å². The van der Waals surface area contributed by atoms with Gasteiger partial charge in [-0.05, 0) is 85.5 Å². The molecule has 188 valence electrons. The van der Waals surface area contributed by atoms with E-state index in [1.807, 2.05) is 32.9 Å². The number of aliphatic hydroxyl groups is 1. The third kappa shape index (κ3) is 4.00. The van der Waals surface area contributed by atoms with Crippen LogP contribution in [-0.2, 0) is 9.59 Å². The van der Waals surface area contributed by atoms with E-state index in [2.05, 4.69) is 9.97 Å². The number of imidazole rings is 1. The van der Waals surface area contributed by atoms with Gasteiger partial charge in [0.1, 0.15) is 17.3 Å². The number of methoxy groups -OCH3 is 2. The van der Waals surface area contributed by atoms with Crippen molar-refractivity contribution in [3.05, 3.63) is 88.0 Å². The SMILES string of the molecule is COc1cccc(C2/C(=C(\O)c3ccc(OC)c(C)c3)C(=O)C(=O)N2c2nc3cc(C)c(C)cc3[nH]2)c1. The van der Waals surface area contributed by atoms with Crippen LogP contribution in [0.25, 0.3) is 16.8 Å². The van der Waals surface area contributed by atoms with Gasteiger partial charge in [-0.25, -0.2) is 4.98 Å². The zero-order valence-corrected chi connectivity index (χ0v) is 21.2. The Morgan fingerprint density at radius 2 is 1.70 bits per heavy atom. The number of carbonyl (C=O) groups excluding carboxylic acids is 2. The van der Waals surface area contributed by atoms with Crippen LogP contribution in [0.2, 0.25) is 0 Å². The summed E-state index contributed by atoms with van der Waals surface area (Å²) in [4.78, 5) is 36.1. The number of carbonyl (C=O) groups is 2. The Labute approximate surface area is 214 Å². The molecule has 1 aromatic heterocycles. The molecule has 1 atom stereocenters. The Bertz CT molecular complexity index is 1560. The predicted molar refractivity (Wildman–Crippen MR) is 141 cm³/mol. The number of H-pyrrole nitrogens is 1. The van der Waals surface area contributed by atoms with Crippen molar-refractivity contribution in [3.8, 4) is 11.5 Å². The number of amides is 1. The van der Waals surface area contributed by atoms with Gasteiger partial charge in [0.2, 0.25) is 5.95 Å². The van der Waals surface area contributed by atoms with Crippen molar-refractivity contribution in [3.63, 3.8) is 0 Å². The predicted octanol–water partition coefficient (Wildman–Crippen LogP) is 5.13. The molecule has 1 unspecified atom stereocenters. The molecule has 2 heterocycles. The Morgan fingerprint density at radius 1 is 0.946 bits per heavy atom. The summed E-state index contributed by atoms with van der Waals surface area (Å²) in [5, 5.41) is 11.4. The standard InChI is InChI=1S/C29H27N3O5/c1-15-12-21-22(13-16(15)2)31-29(30-21)32-25(18-7-6-8-20(14-18)36-4)24(27(34)28(32)35)26(33)19-9-10-23(37-5)17(3)11-19/h6-14,25,33H,1-5H3,(H,30,31)/b26-24+. The lowest BCUT2D eigenvalue weighted by Gasteiger charge is -2.23. The number of aromatic amines is 1. The van der Waals surface area contributed by atoms with Gasteiger partial charge in [-0.15, -0.1) is 0 Å². The largest absolute Gasteiger partial charge is 0.507 e. The molecule has 1 aliphatic heterocycles. The average Bonchev–Trinajstić information content (AvgIpc) is 3.41. The number of aliphatic hydroxyl groups excluding tert-OH is 1. The number of anilines is 1. The van der Waals surface area contributed by atoms with Crippen molar-refractivity contribution in [1.29, 1.82) is 0 Å². The number of benzene rings is 3. The molecule has 0 bridgehead atoms. The highest BCUT2D eigenvalue weighted by molar-refractivity contribution is 6.51. The van der Waals surface area contributed by atoms with Crippen molar-refractivity contribution in [1.82, 2.24) is 9.97 Å². The van der Waals surface area contributed by atoms with Gasteiger partial charge in [-0.1, -0.05) is 12.1 Å². The fourth-order valence-electron chi connectivity index (χ4n) is 4.73. The lowest BCUT2D eigenvalue weighted by molar-refractivity contribution is -0.132. The monoisotopic (exact) mass is 497 g/mol. The molecule has 5 rings (SSSR count). The summed E-state index contributed by atoms with van der Waals surface area (Å²) >= 11 is 0. The van der Waals surface area contributed by atoms with Gasteiger partial charge in [-0.3, -0.25) is 14.5 Å². The Balaban J connectivity index is 1.74. The number of aryl methyl sites for hydroxylation is 3. The lowest BCUT2D eigenvalue weighted by Crippen LogP contribution is -2.30. The molecule has 1 fully saturated rings. The number of rotatable bonds is 5. The zero-order valence-electron chi connectivity index (χ0n) is 21.2. The second-order valence-corrected chi connectivity index (χ2v) is 9.14. The maximum atomic E-state index is 13.5. The van der Waals surface area contributed by atoms with Crippen molar-refractivity contribution in [2.24, 2.45) is 0 Å². The second kappa shape index (κ2) is 9.13. The summed E-state index contributed by atoms with van der Waals surface area (Å²) in [5.41, 5.74) is 5.30. The molecule has 3 aromatic carbocycles. The van der Waals surface area contributed by atoms with Crippen LogP contribution in [0.1, 0.15) is 33.9 Å². The summed E-state index contributed by atoms with van der Waals surface area (Å²) in [6, 6.07) is 15.1. The summed E-state index contributed by atoms with van der Waals surface area (Å²) in [5.74, 6) is -0.436. The maximum Gasteiger partial charge on any atom is 0.302 e. The molecule has 1 aliphatic rings. The van der Waals surface area contributed by atoms with E-state index in [9.17, 15) is 14.7 Å². The molecule has 1 saturated heterocycles. The van der Waals surface area contributed by atoms with Crippen LogP contribution >= 0.6 is 0 Å². The van der Waals surface area contributed by atoms with E-state index in [1.54, 1.807) is 56.7 Å². The first-order valence-corrected chi connectivity index (χ1v) is 11.8. The molecular weight excluding hydrogens is 470 g/mol. The summed E-state index contributed by atoms with van der Waals surface area (Å²) in [6.07, 6.45) is 0. The van der Waals surface area contributed by atoms with Crippen molar-refractivity contribution < 1.29 is 24.2 Å². The first-order valence-electron chi connectivity index (χ1n) is 11.8. The third-order valence-corrected chi connectivity index (χ3v) is 6.84. The minimum Gasteiger partial charge on any atom is -0.507 e. The number of fused-ring (bicyclic) bond motifs is 1. The van der Waals surface area contributed by atoms with E-state index in [0.29, 0.717) is 28.1 Å². The first-order chi connectivity index (χ1) is 17.7. The van der Waals surface area contributed by atoms with E-state index >= 15 is 0 Å². The highest BCUT2D eigenvalue weighted by Crippen LogP contribution is 2.42. The van der Waals surface area contributed by atoms with Crippen LogP contribution < -0.4 is 14.4 Å². The minimum atomic E-state index is -0.930. The quantitative estimate of drug-likeness (QED) is 0.225. The van der Waals surface area contributed by atoms with Crippen molar-refractivity contribution in [2.45, 2.75) is 26.8 Å². The highest BCUT2D eigenvalue weighted by Gasteiger charge is 2.48. The smallest absolute Gasteiger partial charge is 0.302 e. The summed E-state index contributed by atoms with van der Waals surface area (Å²) in [7, 11) is 3.10. The number of aromatic nitrogens is 2. The van der Waals surface area contributed by atoms with Gasteiger partial charge in [-0.2, -0.15) is 0 Å². The number of Topliss-reactive ketones (excluding diaryl/α,β-unsaturated/α-hetero) is 1.